The van der Waals surface area contributed by atoms with Gasteiger partial charge in [0.1, 0.15) is 5.58 Å². The summed E-state index contributed by atoms with van der Waals surface area (Å²) in [5, 5.41) is 0.988. The van der Waals surface area contributed by atoms with Gasteiger partial charge in [-0.05, 0) is 93.0 Å². The lowest BCUT2D eigenvalue weighted by Gasteiger charge is -2.30. The van der Waals surface area contributed by atoms with Crippen LogP contribution in [0.5, 0.6) is 0 Å². The smallest absolute Gasteiger partial charge is 0.236 e. The van der Waals surface area contributed by atoms with E-state index < -0.39 is 5.41 Å². The third kappa shape index (κ3) is 4.12. The zero-order valence-electron chi connectivity index (χ0n) is 30.3. The average Bonchev–Trinajstić information content (AvgIpc) is 3.74. The first-order chi connectivity index (χ1) is 28.3. The highest BCUT2D eigenvalue weighted by Gasteiger charge is 2.51. The Morgan fingerprint density at radius 1 is 0.456 bits per heavy atom. The highest BCUT2D eigenvalue weighted by molar-refractivity contribution is 7.24. The van der Waals surface area contributed by atoms with Crippen molar-refractivity contribution in [3.05, 3.63) is 198 Å². The molecule has 0 atom stereocenters. The predicted molar refractivity (Wildman–Crippen MR) is 231 cm³/mol. The summed E-state index contributed by atoms with van der Waals surface area (Å²) >= 11 is 1.68. The molecule has 0 N–H and O–H groups in total. The molecular weight excluding hydrogens is 719 g/mol. The largest absolute Gasteiger partial charge is 0.450 e. The molecule has 0 saturated heterocycles. The Balaban J connectivity index is 1.08. The minimum atomic E-state index is -0.405. The van der Waals surface area contributed by atoms with Crippen LogP contribution in [0.3, 0.4) is 0 Å². The van der Waals surface area contributed by atoms with Crippen molar-refractivity contribution < 1.29 is 8.83 Å². The molecule has 0 unspecified atom stereocenters. The van der Waals surface area contributed by atoms with Gasteiger partial charge < -0.3 is 8.83 Å². The fourth-order valence-electron chi connectivity index (χ4n) is 9.65. The molecule has 0 radical (unpaired) electrons. The molecule has 266 valence electrons. The second kappa shape index (κ2) is 11.4. The van der Waals surface area contributed by atoms with E-state index in [-0.39, 0.29) is 0 Å². The molecule has 0 aliphatic heterocycles. The highest BCUT2D eigenvalue weighted by atomic mass is 32.1. The van der Waals surface area contributed by atoms with Crippen molar-refractivity contribution in [2.45, 2.75) is 5.41 Å². The Morgan fingerprint density at radius 3 is 1.86 bits per heavy atom. The molecule has 0 amide bonds. The number of benzene rings is 8. The van der Waals surface area contributed by atoms with Gasteiger partial charge in [-0.25, -0.2) is 9.97 Å². The lowest BCUT2D eigenvalue weighted by atomic mass is 9.70. The highest BCUT2D eigenvalue weighted by Crippen LogP contribution is 2.63. The first kappa shape index (κ1) is 31.0. The monoisotopic (exact) mass is 747 g/mol. The molecule has 8 aromatic carbocycles. The van der Waals surface area contributed by atoms with Crippen LogP contribution in [0.2, 0.25) is 0 Å². The van der Waals surface area contributed by atoms with E-state index in [4.69, 9.17) is 18.8 Å². The quantitative estimate of drug-likeness (QED) is 0.130. The summed E-state index contributed by atoms with van der Waals surface area (Å²) in [4.78, 5) is 10.8. The summed E-state index contributed by atoms with van der Waals surface area (Å²) in [5.41, 5.74) is 17.2. The fraction of sp³-hybridized carbons (Fsp3) is 0.0196. The summed E-state index contributed by atoms with van der Waals surface area (Å²) in [6.07, 6.45) is 0. The van der Waals surface area contributed by atoms with Gasteiger partial charge in [0, 0.05) is 10.9 Å². The molecule has 0 fully saturated rings. The number of aromatic nitrogens is 3. The first-order valence-corrected chi connectivity index (χ1v) is 20.0. The van der Waals surface area contributed by atoms with E-state index in [9.17, 15) is 0 Å². The van der Waals surface area contributed by atoms with E-state index in [0.29, 0.717) is 22.7 Å². The number of para-hydroxylation sites is 4. The van der Waals surface area contributed by atoms with E-state index in [1.54, 1.807) is 11.3 Å². The van der Waals surface area contributed by atoms with Crippen LogP contribution in [-0.4, -0.2) is 14.5 Å². The Morgan fingerprint density at radius 2 is 1.07 bits per heavy atom. The van der Waals surface area contributed by atoms with E-state index in [0.717, 1.165) is 48.2 Å². The van der Waals surface area contributed by atoms with Gasteiger partial charge in [0.25, 0.3) is 0 Å². The van der Waals surface area contributed by atoms with Crippen molar-refractivity contribution in [1.82, 2.24) is 14.5 Å². The molecule has 57 heavy (non-hydrogen) atoms. The fourth-order valence-corrected chi connectivity index (χ4v) is 10.6. The van der Waals surface area contributed by atoms with Gasteiger partial charge in [-0.15, -0.1) is 11.3 Å². The average molecular weight is 748 g/mol. The second-order valence-corrected chi connectivity index (χ2v) is 15.9. The minimum absolute atomic E-state index is 0.405. The molecule has 3 heterocycles. The van der Waals surface area contributed by atoms with Gasteiger partial charge in [0.05, 0.1) is 37.1 Å². The number of fused-ring (bicyclic) bond motifs is 16. The molecule has 3 aromatic heterocycles. The number of rotatable bonds is 2. The van der Waals surface area contributed by atoms with Gasteiger partial charge in [-0.1, -0.05) is 127 Å². The summed E-state index contributed by atoms with van der Waals surface area (Å²) in [5.74, 6) is 0.556. The normalized spacial score (nSPS) is 13.4. The molecule has 5 nitrogen and oxygen atoms in total. The van der Waals surface area contributed by atoms with Crippen LogP contribution in [0.1, 0.15) is 22.3 Å². The summed E-state index contributed by atoms with van der Waals surface area (Å²) < 4.78 is 17.5. The maximum Gasteiger partial charge on any atom is 0.236 e. The standard InChI is InChI=1S/C51H29N3O2S/c1-5-17-36-31(13-1)32-14-2-6-18-37(32)51(36)38-19-7-3-15-33(38)35-29-30(25-26-39(35)51)47-34-16-4-8-20-40(34)52-50(53-47)54-41-21-9-10-22-43(41)55-48-42(54)27-28-46-49(48)56-44-23-11-12-24-45(44)57-46/h1-29H. The second-order valence-electron chi connectivity index (χ2n) is 14.8. The molecule has 13 rings (SSSR count). The van der Waals surface area contributed by atoms with Crippen molar-refractivity contribution in [2.24, 2.45) is 0 Å². The Hall–Kier alpha value is -7.28. The summed E-state index contributed by atoms with van der Waals surface area (Å²) in [6, 6.07) is 62.4. The SMILES string of the molecule is c1ccc2c(c1)-c1ccccc1C21c2ccccc2-c2cc(-c3nc(-n4c5ccccc5oc5c6oc7ccccc7sc6ccc54)nc4ccccc34)ccc21. The van der Waals surface area contributed by atoms with Crippen LogP contribution < -0.4 is 0 Å². The van der Waals surface area contributed by atoms with Gasteiger partial charge >= 0.3 is 0 Å². The van der Waals surface area contributed by atoms with Crippen LogP contribution in [0.4, 0.5) is 0 Å². The van der Waals surface area contributed by atoms with Crippen LogP contribution in [-0.2, 0) is 5.41 Å². The molecule has 1 spiro atoms. The first-order valence-electron chi connectivity index (χ1n) is 19.2. The van der Waals surface area contributed by atoms with E-state index in [2.05, 4.69) is 138 Å². The Labute approximate surface area is 330 Å². The molecule has 0 bridgehead atoms. The molecule has 2 aliphatic carbocycles. The van der Waals surface area contributed by atoms with Crippen LogP contribution >= 0.6 is 11.3 Å². The van der Waals surface area contributed by atoms with Gasteiger partial charge in [-0.2, -0.15) is 0 Å². The minimum Gasteiger partial charge on any atom is -0.450 e. The topological polar surface area (TPSA) is 57.0 Å². The van der Waals surface area contributed by atoms with Crippen molar-refractivity contribution >= 4 is 65.0 Å². The summed E-state index contributed by atoms with van der Waals surface area (Å²) in [6.45, 7) is 0. The Bertz CT molecular complexity index is 3520. The van der Waals surface area contributed by atoms with Gasteiger partial charge in [0.2, 0.25) is 5.95 Å². The number of nitrogens with zero attached hydrogens (tertiary/aromatic N) is 3. The van der Waals surface area contributed by atoms with Crippen molar-refractivity contribution in [2.75, 3.05) is 0 Å². The lowest BCUT2D eigenvalue weighted by Crippen LogP contribution is -2.25. The molecule has 11 aromatic rings. The third-order valence-corrected chi connectivity index (χ3v) is 13.1. The molecule has 0 saturated carbocycles. The predicted octanol–water partition coefficient (Wildman–Crippen LogP) is 13.4. The van der Waals surface area contributed by atoms with Gasteiger partial charge in [-0.3, -0.25) is 4.57 Å². The van der Waals surface area contributed by atoms with Crippen LogP contribution in [0.25, 0.3) is 93.1 Å². The lowest BCUT2D eigenvalue weighted by molar-refractivity contribution is 0.620. The maximum atomic E-state index is 6.69. The number of hydrogen-bond donors (Lipinski definition) is 0. The zero-order valence-corrected chi connectivity index (χ0v) is 31.1. The van der Waals surface area contributed by atoms with E-state index >= 15 is 0 Å². The molecule has 2 aliphatic rings. The van der Waals surface area contributed by atoms with E-state index in [1.807, 2.05) is 42.5 Å². The van der Waals surface area contributed by atoms with E-state index in [1.165, 1.54) is 44.5 Å². The zero-order chi connectivity index (χ0) is 37.2. The van der Waals surface area contributed by atoms with Crippen molar-refractivity contribution in [3.63, 3.8) is 0 Å². The van der Waals surface area contributed by atoms with Crippen LogP contribution in [0.15, 0.2) is 185 Å². The van der Waals surface area contributed by atoms with Crippen molar-refractivity contribution in [1.29, 1.82) is 0 Å². The van der Waals surface area contributed by atoms with Gasteiger partial charge in [0.15, 0.2) is 16.7 Å². The molecular formula is C51H29N3O2S. The number of hydrogen-bond acceptors (Lipinski definition) is 5. The van der Waals surface area contributed by atoms with Crippen LogP contribution in [0, 0.1) is 0 Å². The maximum absolute atomic E-state index is 6.69. The third-order valence-electron chi connectivity index (χ3n) is 12.0. The summed E-state index contributed by atoms with van der Waals surface area (Å²) in [7, 11) is 0. The Kier molecular flexibility index (Phi) is 6.19. The van der Waals surface area contributed by atoms with Crippen molar-refractivity contribution in [3.8, 4) is 39.5 Å². The molecule has 6 heteroatoms.